The number of halogens is 1. The highest BCUT2D eigenvalue weighted by molar-refractivity contribution is 5.16. The Hall–Kier alpha value is -0.930. The van der Waals surface area contributed by atoms with Crippen LogP contribution in [0.4, 0.5) is 4.39 Å². The third-order valence-electron chi connectivity index (χ3n) is 2.36. The van der Waals surface area contributed by atoms with Crippen LogP contribution in [0.15, 0.2) is 24.3 Å². The summed E-state index contributed by atoms with van der Waals surface area (Å²) in [5, 5.41) is 11.8. The summed E-state index contributed by atoms with van der Waals surface area (Å²) in [5.41, 5.74) is 1.02. The van der Waals surface area contributed by atoms with Crippen molar-refractivity contribution >= 4 is 0 Å². The summed E-state index contributed by atoms with van der Waals surface area (Å²) < 4.78 is 12.8. The van der Waals surface area contributed by atoms with Gasteiger partial charge < -0.3 is 10.4 Å². The molecule has 0 aliphatic carbocycles. The summed E-state index contributed by atoms with van der Waals surface area (Å²) in [6.07, 6.45) is 1.81. The predicted molar refractivity (Wildman–Crippen MR) is 59.3 cm³/mol. The summed E-state index contributed by atoms with van der Waals surface area (Å²) in [7, 11) is 0. The van der Waals surface area contributed by atoms with Crippen molar-refractivity contribution in [3.05, 3.63) is 35.6 Å². The van der Waals surface area contributed by atoms with E-state index in [9.17, 15) is 4.39 Å². The van der Waals surface area contributed by atoms with Crippen LogP contribution in [0.5, 0.6) is 0 Å². The molecule has 84 valence electrons. The average Bonchev–Trinajstić information content (AvgIpc) is 2.23. The van der Waals surface area contributed by atoms with Crippen LogP contribution >= 0.6 is 0 Å². The third kappa shape index (κ3) is 4.91. The van der Waals surface area contributed by atoms with Crippen LogP contribution in [0.25, 0.3) is 0 Å². The molecule has 0 aliphatic rings. The lowest BCUT2D eigenvalue weighted by atomic mass is 10.1. The molecule has 3 heteroatoms. The Morgan fingerprint density at radius 2 is 2.27 bits per heavy atom. The molecule has 1 aromatic carbocycles. The highest BCUT2D eigenvalue weighted by atomic mass is 19.1. The molecule has 2 N–H and O–H groups in total. The van der Waals surface area contributed by atoms with Gasteiger partial charge >= 0.3 is 0 Å². The van der Waals surface area contributed by atoms with Crippen molar-refractivity contribution in [1.29, 1.82) is 0 Å². The van der Waals surface area contributed by atoms with E-state index in [4.69, 9.17) is 5.11 Å². The minimum Gasteiger partial charge on any atom is -0.395 e. The van der Waals surface area contributed by atoms with Crippen LogP contribution in [-0.4, -0.2) is 24.3 Å². The molecule has 0 saturated heterocycles. The maximum Gasteiger partial charge on any atom is 0.123 e. The fourth-order valence-corrected chi connectivity index (χ4v) is 1.49. The van der Waals surface area contributed by atoms with Gasteiger partial charge in [0.05, 0.1) is 6.61 Å². The molecule has 0 saturated carbocycles. The first-order chi connectivity index (χ1) is 7.22. The molecule has 0 aromatic heterocycles. The van der Waals surface area contributed by atoms with Crippen LogP contribution in [-0.2, 0) is 6.42 Å². The number of benzene rings is 1. The average molecular weight is 211 g/mol. The number of hydrogen-bond acceptors (Lipinski definition) is 2. The Balaban J connectivity index is 2.30. The van der Waals surface area contributed by atoms with Crippen LogP contribution < -0.4 is 5.32 Å². The van der Waals surface area contributed by atoms with Crippen LogP contribution in [0, 0.1) is 5.82 Å². The molecule has 1 unspecified atom stereocenters. The van der Waals surface area contributed by atoms with Crippen molar-refractivity contribution in [2.75, 3.05) is 13.2 Å². The van der Waals surface area contributed by atoms with Crippen molar-refractivity contribution in [1.82, 2.24) is 5.32 Å². The SMILES string of the molecule is CC(CCc1cccc(F)c1)NCCO. The smallest absolute Gasteiger partial charge is 0.123 e. The predicted octanol–water partition coefficient (Wildman–Crippen LogP) is 1.73. The van der Waals surface area contributed by atoms with Gasteiger partial charge in [0.2, 0.25) is 0 Å². The Labute approximate surface area is 90.1 Å². The van der Waals surface area contributed by atoms with Gasteiger partial charge in [-0.1, -0.05) is 12.1 Å². The van der Waals surface area contributed by atoms with E-state index in [-0.39, 0.29) is 12.4 Å². The molecule has 0 fully saturated rings. The topological polar surface area (TPSA) is 32.3 Å². The molecule has 1 aromatic rings. The van der Waals surface area contributed by atoms with Gasteiger partial charge in [-0.05, 0) is 37.5 Å². The second-order valence-electron chi connectivity index (χ2n) is 3.75. The van der Waals surface area contributed by atoms with Crippen molar-refractivity contribution in [2.45, 2.75) is 25.8 Å². The lowest BCUT2D eigenvalue weighted by Crippen LogP contribution is -2.29. The van der Waals surface area contributed by atoms with Crippen LogP contribution in [0.3, 0.4) is 0 Å². The third-order valence-corrected chi connectivity index (χ3v) is 2.36. The monoisotopic (exact) mass is 211 g/mol. The lowest BCUT2D eigenvalue weighted by molar-refractivity contribution is 0.284. The molecular weight excluding hydrogens is 193 g/mol. The van der Waals surface area contributed by atoms with Crippen molar-refractivity contribution < 1.29 is 9.50 Å². The van der Waals surface area contributed by atoms with Gasteiger partial charge in [-0.2, -0.15) is 0 Å². The number of nitrogens with one attached hydrogen (secondary N) is 1. The van der Waals surface area contributed by atoms with Crippen molar-refractivity contribution in [2.24, 2.45) is 0 Å². The minimum absolute atomic E-state index is 0.157. The molecule has 15 heavy (non-hydrogen) atoms. The van der Waals surface area contributed by atoms with E-state index in [1.54, 1.807) is 12.1 Å². The zero-order chi connectivity index (χ0) is 11.1. The van der Waals surface area contributed by atoms with E-state index in [1.165, 1.54) is 6.07 Å². The number of rotatable bonds is 6. The Kier molecular flexibility index (Phi) is 5.29. The number of aliphatic hydroxyl groups excluding tert-OH is 1. The lowest BCUT2D eigenvalue weighted by Gasteiger charge is -2.12. The van der Waals surface area contributed by atoms with Crippen LogP contribution in [0.2, 0.25) is 0 Å². The first-order valence-corrected chi connectivity index (χ1v) is 5.31. The highest BCUT2D eigenvalue weighted by Crippen LogP contribution is 2.07. The molecule has 1 rings (SSSR count). The van der Waals surface area contributed by atoms with Gasteiger partial charge in [0.25, 0.3) is 0 Å². The summed E-state index contributed by atoms with van der Waals surface area (Å²) in [5.74, 6) is -0.177. The second-order valence-corrected chi connectivity index (χ2v) is 3.75. The van der Waals surface area contributed by atoms with Gasteiger partial charge in [0, 0.05) is 12.6 Å². The summed E-state index contributed by atoms with van der Waals surface area (Å²) in [6.45, 7) is 2.84. The van der Waals surface area contributed by atoms with Gasteiger partial charge in [-0.15, -0.1) is 0 Å². The van der Waals surface area contributed by atoms with E-state index >= 15 is 0 Å². The van der Waals surface area contributed by atoms with E-state index in [0.717, 1.165) is 18.4 Å². The molecular formula is C12H18FNO. The summed E-state index contributed by atoms with van der Waals surface area (Å²) in [4.78, 5) is 0. The fourth-order valence-electron chi connectivity index (χ4n) is 1.49. The zero-order valence-electron chi connectivity index (χ0n) is 9.04. The normalized spacial score (nSPS) is 12.7. The first-order valence-electron chi connectivity index (χ1n) is 5.31. The molecule has 0 spiro atoms. The Morgan fingerprint density at radius 3 is 2.93 bits per heavy atom. The first kappa shape index (κ1) is 12.1. The van der Waals surface area contributed by atoms with Gasteiger partial charge in [0.15, 0.2) is 0 Å². The van der Waals surface area contributed by atoms with Crippen molar-refractivity contribution in [3.8, 4) is 0 Å². The standard InChI is InChI=1S/C12H18FNO/c1-10(14-7-8-15)5-6-11-3-2-4-12(13)9-11/h2-4,9-10,14-15H,5-8H2,1H3. The number of hydrogen-bond donors (Lipinski definition) is 2. The Morgan fingerprint density at radius 1 is 1.47 bits per heavy atom. The molecule has 2 nitrogen and oxygen atoms in total. The van der Waals surface area contributed by atoms with E-state index in [2.05, 4.69) is 12.2 Å². The van der Waals surface area contributed by atoms with E-state index in [0.29, 0.717) is 12.6 Å². The van der Waals surface area contributed by atoms with Crippen molar-refractivity contribution in [3.63, 3.8) is 0 Å². The van der Waals surface area contributed by atoms with E-state index < -0.39 is 0 Å². The number of aliphatic hydroxyl groups is 1. The maximum absolute atomic E-state index is 12.8. The molecule has 0 aliphatic heterocycles. The largest absolute Gasteiger partial charge is 0.395 e. The minimum atomic E-state index is -0.177. The second kappa shape index (κ2) is 6.53. The van der Waals surface area contributed by atoms with Gasteiger partial charge in [-0.3, -0.25) is 0 Å². The molecule has 1 atom stereocenters. The van der Waals surface area contributed by atoms with E-state index in [1.807, 2.05) is 6.07 Å². The van der Waals surface area contributed by atoms with Gasteiger partial charge in [0.1, 0.15) is 5.82 Å². The summed E-state index contributed by atoms with van der Waals surface area (Å²) >= 11 is 0. The molecule has 0 radical (unpaired) electrons. The van der Waals surface area contributed by atoms with Gasteiger partial charge in [-0.25, -0.2) is 4.39 Å². The molecule has 0 heterocycles. The quantitative estimate of drug-likeness (QED) is 0.751. The Bertz CT molecular complexity index is 291. The maximum atomic E-state index is 12.8. The zero-order valence-corrected chi connectivity index (χ0v) is 9.04. The number of aryl methyl sites for hydroxylation is 1. The highest BCUT2D eigenvalue weighted by Gasteiger charge is 2.01. The van der Waals surface area contributed by atoms with Crippen LogP contribution in [0.1, 0.15) is 18.9 Å². The molecule has 0 bridgehead atoms. The summed E-state index contributed by atoms with van der Waals surface area (Å²) in [6, 6.07) is 7.04. The molecule has 0 amide bonds. The fraction of sp³-hybridized carbons (Fsp3) is 0.500.